The third kappa shape index (κ3) is 3.67. The summed E-state index contributed by atoms with van der Waals surface area (Å²) in [5.74, 6) is 0.845. The zero-order chi connectivity index (χ0) is 14.2. The first kappa shape index (κ1) is 15.6. The van der Waals surface area contributed by atoms with Crippen LogP contribution in [0.3, 0.4) is 0 Å². The highest BCUT2D eigenvalue weighted by molar-refractivity contribution is 9.11. The summed E-state index contributed by atoms with van der Waals surface area (Å²) < 4.78 is 22.8. The molecule has 19 heavy (non-hydrogen) atoms. The van der Waals surface area contributed by atoms with Crippen LogP contribution in [0, 0.1) is 0 Å². The fourth-order valence-corrected chi connectivity index (χ4v) is 4.08. The van der Waals surface area contributed by atoms with Crippen LogP contribution in [0.25, 0.3) is 0 Å². The summed E-state index contributed by atoms with van der Waals surface area (Å²) in [6, 6.07) is 4.04. The van der Waals surface area contributed by atoms with Gasteiger partial charge in [-0.2, -0.15) is 0 Å². The van der Waals surface area contributed by atoms with Gasteiger partial charge in [0.15, 0.2) is 0 Å². The molecular formula is C13H17Br2NO2S. The Bertz CT molecular complexity index is 476. The van der Waals surface area contributed by atoms with Gasteiger partial charge in [0.1, 0.15) is 10.5 Å². The molecule has 1 aromatic carbocycles. The number of hydrogen-bond donors (Lipinski definition) is 1. The number of benzene rings is 1. The van der Waals surface area contributed by atoms with Gasteiger partial charge in [0.25, 0.3) is 0 Å². The first-order chi connectivity index (χ1) is 8.79. The lowest BCUT2D eigenvalue weighted by Crippen LogP contribution is -2.42. The van der Waals surface area contributed by atoms with Crippen LogP contribution in [-0.2, 0) is 11.4 Å². The Hall–Kier alpha value is 0.250. The maximum Gasteiger partial charge on any atom is 0.138 e. The molecule has 0 saturated carbocycles. The van der Waals surface area contributed by atoms with Crippen LogP contribution in [0.5, 0.6) is 5.75 Å². The van der Waals surface area contributed by atoms with Crippen LogP contribution in [0.15, 0.2) is 21.1 Å². The highest BCUT2D eigenvalue weighted by atomic mass is 79.9. The van der Waals surface area contributed by atoms with Crippen molar-refractivity contribution in [1.29, 1.82) is 0 Å². The Morgan fingerprint density at radius 2 is 2.05 bits per heavy atom. The minimum absolute atomic E-state index is 0.0533. The van der Waals surface area contributed by atoms with E-state index in [9.17, 15) is 4.55 Å². The molecule has 0 fully saturated rings. The number of halogens is 2. The summed E-state index contributed by atoms with van der Waals surface area (Å²) in [6.07, 6.45) is 0.817. The van der Waals surface area contributed by atoms with E-state index in [2.05, 4.69) is 36.6 Å². The van der Waals surface area contributed by atoms with E-state index in [-0.39, 0.29) is 10.8 Å². The van der Waals surface area contributed by atoms with E-state index in [1.54, 1.807) is 0 Å². The van der Waals surface area contributed by atoms with E-state index in [0.29, 0.717) is 6.61 Å². The minimum Gasteiger partial charge on any atom is -0.598 e. The van der Waals surface area contributed by atoms with Gasteiger partial charge in [0, 0.05) is 27.8 Å². The van der Waals surface area contributed by atoms with E-state index in [0.717, 1.165) is 26.7 Å². The Morgan fingerprint density at radius 1 is 1.37 bits per heavy atom. The van der Waals surface area contributed by atoms with Crippen molar-refractivity contribution in [3.63, 3.8) is 0 Å². The molecule has 1 aromatic rings. The number of ether oxygens (including phenoxy) is 1. The SMILES string of the molecule is CC(C)(C)[S@@+]([O-])N[C@@H]1CCOc2c(Br)cc(Br)cc21. The van der Waals surface area contributed by atoms with Gasteiger partial charge in [-0.15, -0.1) is 4.72 Å². The van der Waals surface area contributed by atoms with Crippen LogP contribution in [-0.4, -0.2) is 15.9 Å². The molecule has 2 atom stereocenters. The van der Waals surface area contributed by atoms with Crippen LogP contribution in [0.4, 0.5) is 0 Å². The Balaban J connectivity index is 2.27. The third-order valence-corrected chi connectivity index (χ3v) is 5.53. The third-order valence-electron chi connectivity index (χ3n) is 2.87. The first-order valence-corrected chi connectivity index (χ1v) is 8.82. The van der Waals surface area contributed by atoms with E-state index in [1.807, 2.05) is 32.9 Å². The lowest BCUT2D eigenvalue weighted by atomic mass is 10.0. The highest BCUT2D eigenvalue weighted by Crippen LogP contribution is 2.40. The summed E-state index contributed by atoms with van der Waals surface area (Å²) in [6.45, 7) is 6.53. The Kier molecular flexibility index (Phi) is 4.88. The smallest absolute Gasteiger partial charge is 0.138 e. The second-order valence-corrected chi connectivity index (χ2v) is 9.26. The van der Waals surface area contributed by atoms with Crippen molar-refractivity contribution in [2.24, 2.45) is 0 Å². The highest BCUT2D eigenvalue weighted by Gasteiger charge is 2.33. The zero-order valence-corrected chi connectivity index (χ0v) is 15.1. The average molecular weight is 411 g/mol. The van der Waals surface area contributed by atoms with Gasteiger partial charge >= 0.3 is 0 Å². The number of hydrogen-bond acceptors (Lipinski definition) is 3. The van der Waals surface area contributed by atoms with Crippen molar-refractivity contribution in [3.8, 4) is 5.75 Å². The molecule has 0 aliphatic carbocycles. The van der Waals surface area contributed by atoms with Gasteiger partial charge in [-0.05, 0) is 48.8 Å². The summed E-state index contributed by atoms with van der Waals surface area (Å²) in [7, 11) is 0. The van der Waals surface area contributed by atoms with Crippen LogP contribution in [0.1, 0.15) is 38.8 Å². The van der Waals surface area contributed by atoms with Gasteiger partial charge in [0.2, 0.25) is 0 Å². The van der Waals surface area contributed by atoms with Gasteiger partial charge in [-0.3, -0.25) is 0 Å². The van der Waals surface area contributed by atoms with Crippen molar-refractivity contribution in [3.05, 3.63) is 26.6 Å². The molecule has 0 aromatic heterocycles. The predicted octanol–water partition coefficient (Wildman–Crippen LogP) is 4.09. The Morgan fingerprint density at radius 3 is 2.68 bits per heavy atom. The van der Waals surface area contributed by atoms with Gasteiger partial charge in [-0.1, -0.05) is 15.9 Å². The molecule has 0 amide bonds. The quantitative estimate of drug-likeness (QED) is 0.746. The normalized spacial score (nSPS) is 20.6. The molecule has 106 valence electrons. The standard InChI is InChI=1S/C13H17Br2NO2S/c1-13(2,3)19(17)16-11-4-5-18-12-9(11)6-8(14)7-10(12)15/h6-7,11,16H,4-5H2,1-3H3/t11-,19-/m1/s1. The molecular weight excluding hydrogens is 394 g/mol. The maximum atomic E-state index is 12.2. The summed E-state index contributed by atoms with van der Waals surface area (Å²) >= 11 is 5.90. The lowest BCUT2D eigenvalue weighted by Gasteiger charge is -2.31. The molecule has 1 heterocycles. The van der Waals surface area contributed by atoms with E-state index in [1.165, 1.54) is 0 Å². The van der Waals surface area contributed by atoms with Gasteiger partial charge < -0.3 is 9.29 Å². The zero-order valence-electron chi connectivity index (χ0n) is 11.1. The second kappa shape index (κ2) is 5.93. The van der Waals surface area contributed by atoms with Gasteiger partial charge in [-0.25, -0.2) is 0 Å². The van der Waals surface area contributed by atoms with E-state index in [4.69, 9.17) is 4.74 Å². The first-order valence-electron chi connectivity index (χ1n) is 6.09. The van der Waals surface area contributed by atoms with Crippen LogP contribution < -0.4 is 9.46 Å². The molecule has 0 unspecified atom stereocenters. The molecule has 1 aliphatic rings. The summed E-state index contributed by atoms with van der Waals surface area (Å²) in [5, 5.41) is 0. The van der Waals surface area contributed by atoms with Crippen molar-refractivity contribution in [2.45, 2.75) is 38.0 Å². The summed E-state index contributed by atoms with van der Waals surface area (Å²) in [5.41, 5.74) is 1.05. The number of fused-ring (bicyclic) bond motifs is 1. The molecule has 0 spiro atoms. The van der Waals surface area contributed by atoms with Gasteiger partial charge in [0.05, 0.1) is 17.1 Å². The fraction of sp³-hybridized carbons (Fsp3) is 0.538. The number of nitrogens with one attached hydrogen (secondary N) is 1. The summed E-state index contributed by atoms with van der Waals surface area (Å²) in [4.78, 5) is 0. The predicted molar refractivity (Wildman–Crippen MR) is 85.7 cm³/mol. The molecule has 0 bridgehead atoms. The van der Waals surface area contributed by atoms with Crippen molar-refractivity contribution >= 4 is 43.2 Å². The molecule has 6 heteroatoms. The maximum absolute atomic E-state index is 12.2. The largest absolute Gasteiger partial charge is 0.598 e. The fourth-order valence-electron chi connectivity index (χ4n) is 1.85. The molecule has 2 rings (SSSR count). The molecule has 0 saturated heterocycles. The molecule has 0 radical (unpaired) electrons. The number of rotatable bonds is 2. The molecule has 3 nitrogen and oxygen atoms in total. The molecule has 1 N–H and O–H groups in total. The topological polar surface area (TPSA) is 44.3 Å². The monoisotopic (exact) mass is 409 g/mol. The van der Waals surface area contributed by atoms with Crippen LogP contribution >= 0.6 is 31.9 Å². The molecule has 1 aliphatic heterocycles. The van der Waals surface area contributed by atoms with Crippen molar-refractivity contribution < 1.29 is 9.29 Å². The van der Waals surface area contributed by atoms with E-state index < -0.39 is 11.4 Å². The van der Waals surface area contributed by atoms with E-state index >= 15 is 0 Å². The van der Waals surface area contributed by atoms with Crippen molar-refractivity contribution in [1.82, 2.24) is 4.72 Å². The van der Waals surface area contributed by atoms with Crippen molar-refractivity contribution in [2.75, 3.05) is 6.61 Å². The Labute approximate surface area is 134 Å². The lowest BCUT2D eigenvalue weighted by molar-refractivity contribution is 0.260. The van der Waals surface area contributed by atoms with Crippen LogP contribution in [0.2, 0.25) is 0 Å². The second-order valence-electron chi connectivity index (χ2n) is 5.49. The average Bonchev–Trinajstić information content (AvgIpc) is 2.28. The minimum atomic E-state index is -1.09.